The topological polar surface area (TPSA) is 83.5 Å². The summed E-state index contributed by atoms with van der Waals surface area (Å²) in [5.74, 6) is -0.641. The Kier molecular flexibility index (Phi) is 4.88. The number of hydrogen-bond acceptors (Lipinski definition) is 3. The van der Waals surface area contributed by atoms with Crippen LogP contribution in [0.5, 0.6) is 0 Å². The minimum absolute atomic E-state index is 0.146. The van der Waals surface area contributed by atoms with E-state index in [1.807, 2.05) is 0 Å². The van der Waals surface area contributed by atoms with E-state index in [9.17, 15) is 13.2 Å². The molecule has 0 unspecified atom stereocenters. The van der Waals surface area contributed by atoms with Crippen molar-refractivity contribution in [1.29, 1.82) is 0 Å². The van der Waals surface area contributed by atoms with Gasteiger partial charge in [-0.25, -0.2) is 13.2 Å². The second-order valence-electron chi connectivity index (χ2n) is 5.72. The summed E-state index contributed by atoms with van der Waals surface area (Å²) in [6.07, 6.45) is 5.34. The first-order valence-corrected chi connectivity index (χ1v) is 8.87. The normalized spacial score (nSPS) is 16.6. The number of aryl methyl sites for hydroxylation is 1. The molecular formula is C15H21NO4S. The maximum atomic E-state index is 12.2. The van der Waals surface area contributed by atoms with E-state index in [0.717, 1.165) is 25.7 Å². The van der Waals surface area contributed by atoms with Crippen LogP contribution >= 0.6 is 0 Å². The molecule has 1 aliphatic carbocycles. The molecule has 1 aliphatic rings. The molecule has 5 nitrogen and oxygen atoms in total. The molecule has 0 atom stereocenters. The molecule has 21 heavy (non-hydrogen) atoms. The second-order valence-corrected chi connectivity index (χ2v) is 7.49. The zero-order chi connectivity index (χ0) is 15.5. The fourth-order valence-corrected chi connectivity index (χ4v) is 4.39. The Morgan fingerprint density at radius 2 is 1.95 bits per heavy atom. The van der Waals surface area contributed by atoms with E-state index in [1.54, 1.807) is 6.92 Å². The molecule has 0 saturated heterocycles. The lowest BCUT2D eigenvalue weighted by Gasteiger charge is -2.22. The maximum Gasteiger partial charge on any atom is 0.335 e. The summed E-state index contributed by atoms with van der Waals surface area (Å²) >= 11 is 0. The van der Waals surface area contributed by atoms with Crippen molar-refractivity contribution in [2.75, 3.05) is 10.5 Å². The molecule has 0 heterocycles. The molecule has 2 rings (SSSR count). The van der Waals surface area contributed by atoms with Crippen LogP contribution in [0.25, 0.3) is 0 Å². The summed E-state index contributed by atoms with van der Waals surface area (Å²) in [6.45, 7) is 1.70. The Hall–Kier alpha value is -1.56. The fraction of sp³-hybridized carbons (Fsp3) is 0.533. The molecule has 116 valence electrons. The first-order valence-electron chi connectivity index (χ1n) is 7.22. The number of rotatable bonds is 5. The second kappa shape index (κ2) is 6.47. The molecule has 1 aromatic rings. The van der Waals surface area contributed by atoms with Crippen molar-refractivity contribution in [2.24, 2.45) is 5.92 Å². The maximum absolute atomic E-state index is 12.2. The minimum Gasteiger partial charge on any atom is -0.478 e. The van der Waals surface area contributed by atoms with Crippen molar-refractivity contribution in [3.63, 3.8) is 0 Å². The molecule has 1 saturated carbocycles. The number of carboxylic acid groups (broad SMARTS) is 1. The van der Waals surface area contributed by atoms with Crippen molar-refractivity contribution < 1.29 is 18.3 Å². The number of anilines is 1. The summed E-state index contributed by atoms with van der Waals surface area (Å²) in [5.41, 5.74) is 1.22. The van der Waals surface area contributed by atoms with E-state index >= 15 is 0 Å². The standard InChI is InChI=1S/C15H21NO4S/c1-11-9-13(15(17)18)7-8-14(11)16-21(19,20)10-12-5-3-2-4-6-12/h7-9,12,16H,2-6,10H2,1H3,(H,17,18). The average Bonchev–Trinajstić information content (AvgIpc) is 2.41. The summed E-state index contributed by atoms with van der Waals surface area (Å²) in [6, 6.07) is 4.39. The van der Waals surface area contributed by atoms with Gasteiger partial charge in [-0.05, 0) is 49.4 Å². The zero-order valence-corrected chi connectivity index (χ0v) is 12.9. The number of nitrogens with one attached hydrogen (secondary N) is 1. The highest BCUT2D eigenvalue weighted by atomic mass is 32.2. The average molecular weight is 311 g/mol. The third-order valence-electron chi connectivity index (χ3n) is 3.92. The molecule has 0 spiro atoms. The first-order chi connectivity index (χ1) is 9.87. The summed E-state index contributed by atoms with van der Waals surface area (Å²) in [5, 5.41) is 8.91. The van der Waals surface area contributed by atoms with Gasteiger partial charge < -0.3 is 5.11 Å². The summed E-state index contributed by atoms with van der Waals surface area (Å²) in [7, 11) is -3.39. The van der Waals surface area contributed by atoms with Crippen molar-refractivity contribution in [1.82, 2.24) is 0 Å². The Labute approximate surface area is 125 Å². The van der Waals surface area contributed by atoms with Crippen LogP contribution in [0, 0.1) is 12.8 Å². The van der Waals surface area contributed by atoms with E-state index in [1.165, 1.54) is 24.6 Å². The van der Waals surface area contributed by atoms with Crippen LogP contribution in [0.1, 0.15) is 48.0 Å². The molecule has 6 heteroatoms. The van der Waals surface area contributed by atoms with Crippen molar-refractivity contribution in [2.45, 2.75) is 39.0 Å². The molecular weight excluding hydrogens is 290 g/mol. The van der Waals surface area contributed by atoms with Crippen LogP contribution in [0.15, 0.2) is 18.2 Å². The zero-order valence-electron chi connectivity index (χ0n) is 12.1. The van der Waals surface area contributed by atoms with Crippen LogP contribution in [-0.4, -0.2) is 25.2 Å². The van der Waals surface area contributed by atoms with Crippen LogP contribution in [0.2, 0.25) is 0 Å². The van der Waals surface area contributed by atoms with Crippen LogP contribution in [0.4, 0.5) is 5.69 Å². The summed E-state index contributed by atoms with van der Waals surface area (Å²) < 4.78 is 27.0. The third-order valence-corrected chi connectivity index (χ3v) is 5.36. The Bertz CT molecular complexity index is 619. The van der Waals surface area contributed by atoms with E-state index in [4.69, 9.17) is 5.11 Å². The van der Waals surface area contributed by atoms with Gasteiger partial charge in [0.1, 0.15) is 0 Å². The Morgan fingerprint density at radius 3 is 2.52 bits per heavy atom. The van der Waals surface area contributed by atoms with E-state index in [0.29, 0.717) is 11.3 Å². The fourth-order valence-electron chi connectivity index (χ4n) is 2.78. The minimum atomic E-state index is -3.39. The van der Waals surface area contributed by atoms with Gasteiger partial charge in [0.25, 0.3) is 0 Å². The van der Waals surface area contributed by atoms with E-state index in [-0.39, 0.29) is 17.2 Å². The van der Waals surface area contributed by atoms with Crippen molar-refractivity contribution in [3.8, 4) is 0 Å². The largest absolute Gasteiger partial charge is 0.478 e. The molecule has 0 aliphatic heterocycles. The third kappa shape index (κ3) is 4.46. The monoisotopic (exact) mass is 311 g/mol. The highest BCUT2D eigenvalue weighted by molar-refractivity contribution is 7.92. The van der Waals surface area contributed by atoms with Crippen LogP contribution < -0.4 is 4.72 Å². The van der Waals surface area contributed by atoms with Crippen LogP contribution in [0.3, 0.4) is 0 Å². The highest BCUT2D eigenvalue weighted by Gasteiger charge is 2.21. The van der Waals surface area contributed by atoms with Crippen molar-refractivity contribution >= 4 is 21.7 Å². The van der Waals surface area contributed by atoms with E-state index < -0.39 is 16.0 Å². The van der Waals surface area contributed by atoms with Crippen LogP contribution in [-0.2, 0) is 10.0 Å². The molecule has 0 aromatic heterocycles. The predicted molar refractivity (Wildman–Crippen MR) is 82.1 cm³/mol. The molecule has 1 aromatic carbocycles. The van der Waals surface area contributed by atoms with Gasteiger partial charge >= 0.3 is 5.97 Å². The van der Waals surface area contributed by atoms with Gasteiger partial charge in [0.15, 0.2) is 0 Å². The Balaban J connectivity index is 2.07. The molecule has 0 amide bonds. The lowest BCUT2D eigenvalue weighted by Crippen LogP contribution is -2.24. The molecule has 0 bridgehead atoms. The molecule has 1 fully saturated rings. The van der Waals surface area contributed by atoms with Gasteiger partial charge in [0, 0.05) is 0 Å². The lowest BCUT2D eigenvalue weighted by atomic mass is 9.91. The van der Waals surface area contributed by atoms with Gasteiger partial charge in [0.2, 0.25) is 10.0 Å². The first kappa shape index (κ1) is 15.8. The van der Waals surface area contributed by atoms with Gasteiger partial charge in [-0.1, -0.05) is 19.3 Å². The van der Waals surface area contributed by atoms with Gasteiger partial charge in [-0.15, -0.1) is 0 Å². The van der Waals surface area contributed by atoms with Gasteiger partial charge in [-0.3, -0.25) is 4.72 Å². The quantitative estimate of drug-likeness (QED) is 0.875. The smallest absolute Gasteiger partial charge is 0.335 e. The summed E-state index contributed by atoms with van der Waals surface area (Å²) in [4.78, 5) is 10.9. The van der Waals surface area contributed by atoms with Gasteiger partial charge in [0.05, 0.1) is 17.0 Å². The SMILES string of the molecule is Cc1cc(C(=O)O)ccc1NS(=O)(=O)CC1CCCCC1. The predicted octanol–water partition coefficient (Wildman–Crippen LogP) is 3.02. The van der Waals surface area contributed by atoms with Gasteiger partial charge in [-0.2, -0.15) is 0 Å². The van der Waals surface area contributed by atoms with Crippen molar-refractivity contribution in [3.05, 3.63) is 29.3 Å². The Morgan fingerprint density at radius 1 is 1.29 bits per heavy atom. The molecule has 2 N–H and O–H groups in total. The van der Waals surface area contributed by atoms with E-state index in [2.05, 4.69) is 4.72 Å². The number of aromatic carboxylic acids is 1. The molecule has 0 radical (unpaired) electrons. The number of benzene rings is 1. The highest BCUT2D eigenvalue weighted by Crippen LogP contribution is 2.26. The number of carbonyl (C=O) groups is 1. The lowest BCUT2D eigenvalue weighted by molar-refractivity contribution is 0.0697. The number of hydrogen-bond donors (Lipinski definition) is 2. The number of carboxylic acids is 1. The number of sulfonamides is 1.